The molecule has 0 radical (unpaired) electrons. The fraction of sp³-hybridized carbons (Fsp3) is 0.333. The van der Waals surface area contributed by atoms with Gasteiger partial charge in [-0.25, -0.2) is 15.1 Å². The minimum Gasteiger partial charge on any atom is -0.465 e. The lowest BCUT2D eigenvalue weighted by atomic mass is 10.1. The molecule has 0 fully saturated rings. The first-order chi connectivity index (χ1) is 8.56. The van der Waals surface area contributed by atoms with Crippen molar-refractivity contribution in [2.45, 2.75) is 6.61 Å². The van der Waals surface area contributed by atoms with Crippen molar-refractivity contribution in [3.05, 3.63) is 35.4 Å². The standard InChI is InChI=1S/C12H16N2O4/c1-14(2)12(16)13-18-8-9-6-4-5-7-10(9)11(15)17-3/h4-7H,8H2,1-3H3,(H,13,16). The number of hydrogen-bond donors (Lipinski definition) is 1. The average Bonchev–Trinajstić information content (AvgIpc) is 2.38. The van der Waals surface area contributed by atoms with E-state index in [1.165, 1.54) is 12.0 Å². The number of rotatable bonds is 4. The van der Waals surface area contributed by atoms with Gasteiger partial charge < -0.3 is 9.64 Å². The van der Waals surface area contributed by atoms with Crippen molar-refractivity contribution in [3.8, 4) is 0 Å². The van der Waals surface area contributed by atoms with E-state index in [0.29, 0.717) is 11.1 Å². The summed E-state index contributed by atoms with van der Waals surface area (Å²) in [4.78, 5) is 29.0. The monoisotopic (exact) mass is 252 g/mol. The third-order valence-corrected chi connectivity index (χ3v) is 2.22. The Balaban J connectivity index is 2.62. The Morgan fingerprint density at radius 1 is 1.28 bits per heavy atom. The molecule has 1 rings (SSSR count). The van der Waals surface area contributed by atoms with E-state index in [0.717, 1.165) is 0 Å². The Bertz CT molecular complexity index is 432. The Kier molecular flexibility index (Phi) is 5.13. The Labute approximate surface area is 105 Å². The van der Waals surface area contributed by atoms with E-state index < -0.39 is 5.97 Å². The van der Waals surface area contributed by atoms with Crippen LogP contribution in [0.5, 0.6) is 0 Å². The zero-order valence-corrected chi connectivity index (χ0v) is 10.6. The molecule has 0 heterocycles. The molecule has 0 aliphatic heterocycles. The summed E-state index contributed by atoms with van der Waals surface area (Å²) in [6.45, 7) is 0.0881. The van der Waals surface area contributed by atoms with E-state index in [4.69, 9.17) is 4.84 Å². The molecule has 6 nitrogen and oxygen atoms in total. The molecule has 0 unspecified atom stereocenters. The quantitative estimate of drug-likeness (QED) is 0.645. The zero-order valence-electron chi connectivity index (χ0n) is 10.6. The van der Waals surface area contributed by atoms with E-state index in [9.17, 15) is 9.59 Å². The molecule has 98 valence electrons. The lowest BCUT2D eigenvalue weighted by Crippen LogP contribution is -2.34. The molecule has 0 aromatic heterocycles. The second-order valence-electron chi connectivity index (χ2n) is 3.74. The summed E-state index contributed by atoms with van der Waals surface area (Å²) < 4.78 is 4.65. The lowest BCUT2D eigenvalue weighted by Gasteiger charge is -2.12. The fourth-order valence-electron chi connectivity index (χ4n) is 1.22. The summed E-state index contributed by atoms with van der Waals surface area (Å²) in [7, 11) is 4.51. The highest BCUT2D eigenvalue weighted by molar-refractivity contribution is 5.90. The molecule has 1 aromatic carbocycles. The van der Waals surface area contributed by atoms with Gasteiger partial charge in [0, 0.05) is 14.1 Å². The molecule has 0 bridgehead atoms. The van der Waals surface area contributed by atoms with Gasteiger partial charge in [-0.15, -0.1) is 0 Å². The maximum atomic E-state index is 11.5. The Hall–Kier alpha value is -2.08. The number of nitrogens with one attached hydrogen (secondary N) is 1. The predicted molar refractivity (Wildman–Crippen MR) is 64.8 cm³/mol. The van der Waals surface area contributed by atoms with Crippen molar-refractivity contribution in [3.63, 3.8) is 0 Å². The van der Waals surface area contributed by atoms with Crippen LogP contribution in [-0.2, 0) is 16.2 Å². The van der Waals surface area contributed by atoms with Crippen LogP contribution in [0.4, 0.5) is 4.79 Å². The average molecular weight is 252 g/mol. The highest BCUT2D eigenvalue weighted by Gasteiger charge is 2.11. The maximum absolute atomic E-state index is 11.5. The summed E-state index contributed by atoms with van der Waals surface area (Å²) >= 11 is 0. The number of esters is 1. The molecule has 1 N–H and O–H groups in total. The number of amides is 2. The van der Waals surface area contributed by atoms with Crippen molar-refractivity contribution in [1.29, 1.82) is 0 Å². The molecule has 6 heteroatoms. The predicted octanol–water partition coefficient (Wildman–Crippen LogP) is 1.18. The van der Waals surface area contributed by atoms with Crippen LogP contribution in [0.3, 0.4) is 0 Å². The number of carbonyl (C=O) groups is 2. The Morgan fingerprint density at radius 2 is 1.94 bits per heavy atom. The zero-order chi connectivity index (χ0) is 13.5. The minimum atomic E-state index is -0.437. The first-order valence-electron chi connectivity index (χ1n) is 5.31. The maximum Gasteiger partial charge on any atom is 0.340 e. The third kappa shape index (κ3) is 3.74. The molecule has 0 aliphatic carbocycles. The van der Waals surface area contributed by atoms with Crippen LogP contribution in [-0.4, -0.2) is 38.1 Å². The van der Waals surface area contributed by atoms with Gasteiger partial charge >= 0.3 is 12.0 Å². The number of hydroxylamine groups is 1. The SMILES string of the molecule is COC(=O)c1ccccc1CONC(=O)N(C)C. The van der Waals surface area contributed by atoms with Gasteiger partial charge in [0.2, 0.25) is 0 Å². The topological polar surface area (TPSA) is 67.9 Å². The van der Waals surface area contributed by atoms with Gasteiger partial charge in [0.15, 0.2) is 0 Å². The summed E-state index contributed by atoms with van der Waals surface area (Å²) in [5.74, 6) is -0.437. The van der Waals surface area contributed by atoms with Crippen LogP contribution in [0.25, 0.3) is 0 Å². The largest absolute Gasteiger partial charge is 0.465 e. The van der Waals surface area contributed by atoms with E-state index in [1.54, 1.807) is 38.4 Å². The normalized spacial score (nSPS) is 9.72. The number of carbonyl (C=O) groups excluding carboxylic acids is 2. The highest BCUT2D eigenvalue weighted by Crippen LogP contribution is 2.10. The third-order valence-electron chi connectivity index (χ3n) is 2.22. The van der Waals surface area contributed by atoms with Gasteiger partial charge in [0.1, 0.15) is 6.61 Å². The van der Waals surface area contributed by atoms with Crippen LogP contribution >= 0.6 is 0 Å². The van der Waals surface area contributed by atoms with E-state index in [2.05, 4.69) is 10.2 Å². The first-order valence-corrected chi connectivity index (χ1v) is 5.31. The van der Waals surface area contributed by atoms with Crippen molar-refractivity contribution in [2.75, 3.05) is 21.2 Å². The number of benzene rings is 1. The van der Waals surface area contributed by atoms with Crippen LogP contribution in [0, 0.1) is 0 Å². The van der Waals surface area contributed by atoms with E-state index in [1.807, 2.05) is 0 Å². The van der Waals surface area contributed by atoms with Gasteiger partial charge in [0.25, 0.3) is 0 Å². The van der Waals surface area contributed by atoms with Crippen LogP contribution in [0.15, 0.2) is 24.3 Å². The van der Waals surface area contributed by atoms with Crippen molar-refractivity contribution >= 4 is 12.0 Å². The smallest absolute Gasteiger partial charge is 0.340 e. The van der Waals surface area contributed by atoms with Crippen molar-refractivity contribution in [1.82, 2.24) is 10.4 Å². The molecule has 2 amide bonds. The van der Waals surface area contributed by atoms with Gasteiger partial charge in [-0.05, 0) is 11.6 Å². The molecule has 18 heavy (non-hydrogen) atoms. The number of ether oxygens (including phenoxy) is 1. The molecular formula is C12H16N2O4. The molecule has 0 aliphatic rings. The van der Waals surface area contributed by atoms with Gasteiger partial charge in [-0.3, -0.25) is 4.84 Å². The number of methoxy groups -OCH3 is 1. The Morgan fingerprint density at radius 3 is 2.56 bits per heavy atom. The van der Waals surface area contributed by atoms with Crippen LogP contribution < -0.4 is 5.48 Å². The summed E-state index contributed by atoms with van der Waals surface area (Å²) in [5.41, 5.74) is 3.31. The second-order valence-corrected chi connectivity index (χ2v) is 3.74. The molecular weight excluding hydrogens is 236 g/mol. The van der Waals surface area contributed by atoms with Gasteiger partial charge in [-0.2, -0.15) is 0 Å². The van der Waals surface area contributed by atoms with Crippen molar-refractivity contribution in [2.24, 2.45) is 0 Å². The molecule has 0 saturated heterocycles. The molecule has 1 aromatic rings. The lowest BCUT2D eigenvalue weighted by molar-refractivity contribution is 0.0393. The minimum absolute atomic E-state index is 0.0881. The highest BCUT2D eigenvalue weighted by atomic mass is 16.7. The fourth-order valence-corrected chi connectivity index (χ4v) is 1.22. The summed E-state index contributed by atoms with van der Waals surface area (Å²) in [6.07, 6.45) is 0. The molecule has 0 saturated carbocycles. The molecule has 0 atom stereocenters. The summed E-state index contributed by atoms with van der Waals surface area (Å²) in [5, 5.41) is 0. The molecule has 0 spiro atoms. The number of hydrogen-bond acceptors (Lipinski definition) is 4. The van der Waals surface area contributed by atoms with Crippen molar-refractivity contribution < 1.29 is 19.2 Å². The number of urea groups is 1. The second kappa shape index (κ2) is 6.61. The van der Waals surface area contributed by atoms with Crippen LogP contribution in [0.2, 0.25) is 0 Å². The number of nitrogens with zero attached hydrogens (tertiary/aromatic N) is 1. The van der Waals surface area contributed by atoms with Crippen LogP contribution in [0.1, 0.15) is 15.9 Å². The first kappa shape index (κ1) is 14.0. The van der Waals surface area contributed by atoms with E-state index >= 15 is 0 Å². The van der Waals surface area contributed by atoms with E-state index in [-0.39, 0.29) is 12.6 Å². The van der Waals surface area contributed by atoms with Gasteiger partial charge in [0.05, 0.1) is 12.7 Å². The summed E-state index contributed by atoms with van der Waals surface area (Å²) in [6, 6.07) is 6.50. The van der Waals surface area contributed by atoms with Gasteiger partial charge in [-0.1, -0.05) is 18.2 Å².